The molecule has 0 radical (unpaired) electrons. The van der Waals surface area contributed by atoms with Crippen molar-refractivity contribution in [3.05, 3.63) is 59.9 Å². The molecule has 0 bridgehead atoms. The van der Waals surface area contributed by atoms with Crippen LogP contribution < -0.4 is 5.32 Å². The summed E-state index contributed by atoms with van der Waals surface area (Å²) in [4.78, 5) is 34.8. The quantitative estimate of drug-likeness (QED) is 0.546. The zero-order chi connectivity index (χ0) is 24.1. The van der Waals surface area contributed by atoms with Gasteiger partial charge in [0.15, 0.2) is 0 Å². The van der Waals surface area contributed by atoms with Gasteiger partial charge in [-0.05, 0) is 62.3 Å². The molecule has 2 heterocycles. The second-order valence-corrected chi connectivity index (χ2v) is 8.69. The number of aromatic nitrogens is 2. The van der Waals surface area contributed by atoms with Gasteiger partial charge in [-0.15, -0.1) is 0 Å². The number of carbonyl (C=O) groups excluding carboxylic acids is 2. The van der Waals surface area contributed by atoms with Crippen LogP contribution in [-0.4, -0.2) is 63.9 Å². The molecule has 1 N–H and O–H groups in total. The third-order valence-corrected chi connectivity index (χ3v) is 6.59. The Hall–Kier alpha value is -3.26. The number of rotatable bonds is 8. The summed E-state index contributed by atoms with van der Waals surface area (Å²) in [6.07, 6.45) is 1.45. The van der Waals surface area contributed by atoms with Crippen LogP contribution >= 0.6 is 0 Å². The van der Waals surface area contributed by atoms with Gasteiger partial charge in [-0.25, -0.2) is 9.37 Å². The SMILES string of the molecule is CCN(CC)CCn1c(NC(=O)C2CCCN(C(=O)c3ccc(F)cc3)C2)nc2ccccc21. The summed E-state index contributed by atoms with van der Waals surface area (Å²) in [6, 6.07) is 13.4. The molecule has 0 saturated carbocycles. The summed E-state index contributed by atoms with van der Waals surface area (Å²) in [5.74, 6) is -0.467. The van der Waals surface area contributed by atoms with Crippen molar-refractivity contribution >= 4 is 28.8 Å². The van der Waals surface area contributed by atoms with Crippen molar-refractivity contribution in [2.75, 3.05) is 38.0 Å². The number of likely N-dealkylation sites (tertiary alicyclic amines) is 1. The Kier molecular flexibility index (Phi) is 7.57. The highest BCUT2D eigenvalue weighted by atomic mass is 19.1. The summed E-state index contributed by atoms with van der Waals surface area (Å²) in [6.45, 7) is 8.71. The molecule has 4 rings (SSSR count). The molecule has 1 aliphatic rings. The number of hydrogen-bond acceptors (Lipinski definition) is 4. The normalized spacial score (nSPS) is 16.2. The molecular formula is C26H32FN5O2. The van der Waals surface area contributed by atoms with Crippen molar-refractivity contribution < 1.29 is 14.0 Å². The first-order chi connectivity index (χ1) is 16.5. The molecule has 180 valence electrons. The van der Waals surface area contributed by atoms with Crippen LogP contribution in [0.15, 0.2) is 48.5 Å². The van der Waals surface area contributed by atoms with Gasteiger partial charge in [-0.3, -0.25) is 14.9 Å². The summed E-state index contributed by atoms with van der Waals surface area (Å²) in [5.41, 5.74) is 2.26. The molecule has 1 aliphatic heterocycles. The van der Waals surface area contributed by atoms with E-state index in [1.165, 1.54) is 24.3 Å². The minimum Gasteiger partial charge on any atom is -0.338 e. The fourth-order valence-corrected chi connectivity index (χ4v) is 4.54. The van der Waals surface area contributed by atoms with Gasteiger partial charge in [0, 0.05) is 31.7 Å². The van der Waals surface area contributed by atoms with Gasteiger partial charge >= 0.3 is 0 Å². The minimum absolute atomic E-state index is 0.129. The van der Waals surface area contributed by atoms with E-state index in [1.54, 1.807) is 4.90 Å². The molecule has 1 aromatic heterocycles. The molecule has 1 fully saturated rings. The highest BCUT2D eigenvalue weighted by Crippen LogP contribution is 2.23. The lowest BCUT2D eigenvalue weighted by Crippen LogP contribution is -2.44. The number of nitrogens with zero attached hydrogens (tertiary/aromatic N) is 4. The fourth-order valence-electron chi connectivity index (χ4n) is 4.54. The molecule has 1 atom stereocenters. The number of imidazole rings is 1. The Morgan fingerprint density at radius 1 is 1.12 bits per heavy atom. The number of piperidine rings is 1. The Morgan fingerprint density at radius 3 is 2.59 bits per heavy atom. The molecule has 0 aliphatic carbocycles. The molecule has 34 heavy (non-hydrogen) atoms. The van der Waals surface area contributed by atoms with Crippen LogP contribution in [0.25, 0.3) is 11.0 Å². The number of para-hydroxylation sites is 2. The van der Waals surface area contributed by atoms with Gasteiger partial charge in [0.05, 0.1) is 17.0 Å². The van der Waals surface area contributed by atoms with Crippen molar-refractivity contribution in [1.82, 2.24) is 19.4 Å². The lowest BCUT2D eigenvalue weighted by Gasteiger charge is -2.32. The smallest absolute Gasteiger partial charge is 0.253 e. The van der Waals surface area contributed by atoms with E-state index in [1.807, 2.05) is 24.3 Å². The van der Waals surface area contributed by atoms with Crippen LogP contribution in [0.4, 0.5) is 10.3 Å². The van der Waals surface area contributed by atoms with Crippen LogP contribution in [0.2, 0.25) is 0 Å². The van der Waals surface area contributed by atoms with Gasteiger partial charge in [-0.2, -0.15) is 0 Å². The number of hydrogen-bond donors (Lipinski definition) is 1. The fraction of sp³-hybridized carbons (Fsp3) is 0.423. The maximum atomic E-state index is 13.2. The number of amides is 2. The van der Waals surface area contributed by atoms with Crippen molar-refractivity contribution in [1.29, 1.82) is 0 Å². The van der Waals surface area contributed by atoms with Gasteiger partial charge in [0.25, 0.3) is 5.91 Å². The predicted molar refractivity (Wildman–Crippen MR) is 131 cm³/mol. The molecule has 1 unspecified atom stereocenters. The van der Waals surface area contributed by atoms with Crippen LogP contribution in [0.5, 0.6) is 0 Å². The molecular weight excluding hydrogens is 433 g/mol. The van der Waals surface area contributed by atoms with Gasteiger partial charge in [-0.1, -0.05) is 26.0 Å². The highest BCUT2D eigenvalue weighted by molar-refractivity contribution is 5.96. The number of anilines is 1. The maximum Gasteiger partial charge on any atom is 0.253 e. The van der Waals surface area contributed by atoms with E-state index in [0.717, 1.165) is 43.6 Å². The van der Waals surface area contributed by atoms with E-state index in [-0.39, 0.29) is 23.5 Å². The average molecular weight is 466 g/mol. The number of halogens is 1. The standard InChI is InChI=1S/C26H32FN5O2/c1-3-30(4-2)16-17-32-23-10-6-5-9-22(23)28-26(32)29-24(33)20-8-7-15-31(18-20)25(34)19-11-13-21(27)14-12-19/h5-6,9-14,20H,3-4,7-8,15-18H2,1-2H3,(H,28,29,33). The van der Waals surface area contributed by atoms with Crippen LogP contribution in [0.3, 0.4) is 0 Å². The molecule has 8 heteroatoms. The second-order valence-electron chi connectivity index (χ2n) is 8.69. The summed E-state index contributed by atoms with van der Waals surface area (Å²) in [5, 5.41) is 3.04. The van der Waals surface area contributed by atoms with E-state index in [0.29, 0.717) is 31.0 Å². The lowest BCUT2D eigenvalue weighted by molar-refractivity contribution is -0.121. The number of likely N-dealkylation sites (N-methyl/N-ethyl adjacent to an activating group) is 1. The van der Waals surface area contributed by atoms with Gasteiger partial charge in [0.1, 0.15) is 5.82 Å². The summed E-state index contributed by atoms with van der Waals surface area (Å²) >= 11 is 0. The van der Waals surface area contributed by atoms with Gasteiger partial charge in [0.2, 0.25) is 11.9 Å². The van der Waals surface area contributed by atoms with Crippen molar-refractivity contribution in [3.63, 3.8) is 0 Å². The zero-order valence-electron chi connectivity index (χ0n) is 19.8. The molecule has 7 nitrogen and oxygen atoms in total. The van der Waals surface area contributed by atoms with Crippen molar-refractivity contribution in [2.24, 2.45) is 5.92 Å². The Bertz CT molecular complexity index is 1140. The first-order valence-electron chi connectivity index (χ1n) is 12.0. The highest BCUT2D eigenvalue weighted by Gasteiger charge is 2.30. The minimum atomic E-state index is -0.378. The number of carbonyl (C=O) groups is 2. The molecule has 3 aromatic rings. The second kappa shape index (κ2) is 10.8. The number of fused-ring (bicyclic) bond motifs is 1. The van der Waals surface area contributed by atoms with E-state index in [2.05, 4.69) is 33.6 Å². The van der Waals surface area contributed by atoms with Crippen LogP contribution in [0, 0.1) is 11.7 Å². The molecule has 2 aromatic carbocycles. The van der Waals surface area contributed by atoms with Crippen LogP contribution in [-0.2, 0) is 11.3 Å². The van der Waals surface area contributed by atoms with Crippen molar-refractivity contribution in [2.45, 2.75) is 33.2 Å². The van der Waals surface area contributed by atoms with E-state index >= 15 is 0 Å². The lowest BCUT2D eigenvalue weighted by atomic mass is 9.96. The summed E-state index contributed by atoms with van der Waals surface area (Å²) in [7, 11) is 0. The van der Waals surface area contributed by atoms with E-state index in [4.69, 9.17) is 0 Å². The van der Waals surface area contributed by atoms with E-state index in [9.17, 15) is 14.0 Å². The van der Waals surface area contributed by atoms with Crippen LogP contribution in [0.1, 0.15) is 37.0 Å². The summed E-state index contributed by atoms with van der Waals surface area (Å²) < 4.78 is 15.3. The first-order valence-corrected chi connectivity index (χ1v) is 12.0. The third-order valence-electron chi connectivity index (χ3n) is 6.59. The largest absolute Gasteiger partial charge is 0.338 e. The van der Waals surface area contributed by atoms with E-state index < -0.39 is 0 Å². The molecule has 1 saturated heterocycles. The zero-order valence-corrected chi connectivity index (χ0v) is 19.8. The topological polar surface area (TPSA) is 70.5 Å². The number of nitrogens with one attached hydrogen (secondary N) is 1. The van der Waals surface area contributed by atoms with Crippen molar-refractivity contribution in [3.8, 4) is 0 Å². The Balaban J connectivity index is 1.48. The first kappa shape index (κ1) is 23.9. The third kappa shape index (κ3) is 5.28. The molecule has 0 spiro atoms. The Labute approximate surface area is 199 Å². The predicted octanol–water partition coefficient (Wildman–Crippen LogP) is 4.01. The average Bonchev–Trinajstić information content (AvgIpc) is 3.21. The molecule has 2 amide bonds. The van der Waals surface area contributed by atoms with Gasteiger partial charge < -0.3 is 14.4 Å². The number of benzene rings is 2. The Morgan fingerprint density at radius 2 is 1.85 bits per heavy atom. The monoisotopic (exact) mass is 465 g/mol. The maximum absolute atomic E-state index is 13.2.